The average molecular weight is 468 g/mol. The molecule has 0 radical (unpaired) electrons. The van der Waals surface area contributed by atoms with Gasteiger partial charge >= 0.3 is 5.69 Å². The molecule has 2 N–H and O–H groups in total. The van der Waals surface area contributed by atoms with Gasteiger partial charge in [0.1, 0.15) is 6.33 Å². The third kappa shape index (κ3) is 4.34. The molecular formula is C16H11ClIN5O2. The van der Waals surface area contributed by atoms with Crippen LogP contribution in [0.15, 0.2) is 54.9 Å². The lowest BCUT2D eigenvalue weighted by atomic mass is 10.3. The van der Waals surface area contributed by atoms with Crippen molar-refractivity contribution in [1.29, 1.82) is 0 Å². The van der Waals surface area contributed by atoms with Crippen molar-refractivity contribution in [2.45, 2.75) is 0 Å². The second kappa shape index (κ2) is 7.62. The van der Waals surface area contributed by atoms with Gasteiger partial charge in [0.05, 0.1) is 4.92 Å². The molecule has 1 aromatic heterocycles. The highest BCUT2D eigenvalue weighted by atomic mass is 127. The molecule has 2 aromatic carbocycles. The van der Waals surface area contributed by atoms with E-state index in [1.165, 1.54) is 6.33 Å². The lowest BCUT2D eigenvalue weighted by Crippen LogP contribution is -2.05. The first-order valence-corrected chi connectivity index (χ1v) is 8.53. The number of rotatable bonds is 5. The van der Waals surface area contributed by atoms with Crippen LogP contribution >= 0.6 is 34.2 Å². The highest BCUT2D eigenvalue weighted by Crippen LogP contribution is 2.33. The zero-order valence-corrected chi connectivity index (χ0v) is 15.5. The topological polar surface area (TPSA) is 93.0 Å². The molecule has 0 spiro atoms. The standard InChI is InChI=1S/C16H11ClIN5O2/c17-10-1-5-12(6-2-10)21-15-14(23(24)25)16(20-9-19-15)22-13-7-3-11(18)4-8-13/h1-9H,(H2,19,20,21,22). The van der Waals surface area contributed by atoms with E-state index in [0.29, 0.717) is 16.4 Å². The fourth-order valence-electron chi connectivity index (χ4n) is 2.07. The van der Waals surface area contributed by atoms with E-state index in [0.717, 1.165) is 3.57 Å². The maximum atomic E-state index is 11.6. The lowest BCUT2D eigenvalue weighted by Gasteiger charge is -2.10. The van der Waals surface area contributed by atoms with Crippen LogP contribution < -0.4 is 10.6 Å². The van der Waals surface area contributed by atoms with Gasteiger partial charge in [-0.1, -0.05) is 11.6 Å². The van der Waals surface area contributed by atoms with Crippen molar-refractivity contribution < 1.29 is 4.92 Å². The summed E-state index contributed by atoms with van der Waals surface area (Å²) in [7, 11) is 0. The Morgan fingerprint density at radius 2 is 1.40 bits per heavy atom. The molecule has 0 saturated carbocycles. The molecule has 0 amide bonds. The molecule has 7 nitrogen and oxygen atoms in total. The number of nitrogens with one attached hydrogen (secondary N) is 2. The highest BCUT2D eigenvalue weighted by Gasteiger charge is 2.23. The van der Waals surface area contributed by atoms with Crippen LogP contribution in [0.1, 0.15) is 0 Å². The number of hydrogen-bond acceptors (Lipinski definition) is 6. The van der Waals surface area contributed by atoms with E-state index in [1.54, 1.807) is 24.3 Å². The number of hydrogen-bond donors (Lipinski definition) is 2. The van der Waals surface area contributed by atoms with Crippen LogP contribution in [-0.4, -0.2) is 14.9 Å². The van der Waals surface area contributed by atoms with E-state index in [1.807, 2.05) is 24.3 Å². The summed E-state index contributed by atoms with van der Waals surface area (Å²) in [5.74, 6) is 0.202. The molecule has 0 fully saturated rings. The predicted octanol–water partition coefficient (Wildman–Crippen LogP) is 5.13. The van der Waals surface area contributed by atoms with Crippen molar-refractivity contribution in [2.75, 3.05) is 10.6 Å². The molecule has 0 unspecified atom stereocenters. The van der Waals surface area contributed by atoms with Crippen molar-refractivity contribution >= 4 is 62.9 Å². The summed E-state index contributed by atoms with van der Waals surface area (Å²) in [6, 6.07) is 14.2. The van der Waals surface area contributed by atoms with Gasteiger partial charge in [0.2, 0.25) is 11.6 Å². The highest BCUT2D eigenvalue weighted by molar-refractivity contribution is 14.1. The molecule has 1 heterocycles. The number of benzene rings is 2. The SMILES string of the molecule is O=[N+]([O-])c1c(Nc2ccc(Cl)cc2)ncnc1Nc1ccc(I)cc1. The quantitative estimate of drug-likeness (QED) is 0.307. The zero-order chi connectivity index (χ0) is 17.8. The summed E-state index contributed by atoms with van der Waals surface area (Å²) >= 11 is 8.03. The molecule has 3 rings (SSSR count). The van der Waals surface area contributed by atoms with E-state index in [-0.39, 0.29) is 17.3 Å². The first kappa shape index (κ1) is 17.4. The van der Waals surface area contributed by atoms with Crippen molar-refractivity contribution in [3.05, 3.63) is 73.6 Å². The van der Waals surface area contributed by atoms with Crippen LogP contribution in [-0.2, 0) is 0 Å². The summed E-state index contributed by atoms with van der Waals surface area (Å²) in [5.41, 5.74) is 1.09. The normalized spacial score (nSPS) is 10.3. The summed E-state index contributed by atoms with van der Waals surface area (Å²) < 4.78 is 1.06. The van der Waals surface area contributed by atoms with Crippen LogP contribution in [0.2, 0.25) is 5.02 Å². The third-order valence-electron chi connectivity index (χ3n) is 3.22. The van der Waals surface area contributed by atoms with Crippen LogP contribution in [0.4, 0.5) is 28.7 Å². The summed E-state index contributed by atoms with van der Waals surface area (Å²) in [4.78, 5) is 19.0. The Kier molecular flexibility index (Phi) is 5.29. The zero-order valence-electron chi connectivity index (χ0n) is 12.6. The number of halogens is 2. The Bertz CT molecular complexity index is 838. The van der Waals surface area contributed by atoms with Gasteiger partial charge in [-0.05, 0) is 71.1 Å². The number of anilines is 4. The Morgan fingerprint density at radius 3 is 1.88 bits per heavy atom. The van der Waals surface area contributed by atoms with Gasteiger partial charge < -0.3 is 10.6 Å². The first-order valence-electron chi connectivity index (χ1n) is 7.07. The maximum Gasteiger partial charge on any atom is 0.353 e. The lowest BCUT2D eigenvalue weighted by molar-refractivity contribution is -0.383. The van der Waals surface area contributed by atoms with Crippen molar-refractivity contribution in [3.8, 4) is 0 Å². The summed E-state index contributed by atoms with van der Waals surface area (Å²) in [5, 5.41) is 18.0. The second-order valence-electron chi connectivity index (χ2n) is 4.94. The molecule has 3 aromatic rings. The monoisotopic (exact) mass is 467 g/mol. The second-order valence-corrected chi connectivity index (χ2v) is 6.62. The summed E-state index contributed by atoms with van der Waals surface area (Å²) in [6.45, 7) is 0. The minimum Gasteiger partial charge on any atom is -0.334 e. The largest absolute Gasteiger partial charge is 0.353 e. The van der Waals surface area contributed by atoms with Gasteiger partial charge in [-0.15, -0.1) is 0 Å². The van der Waals surface area contributed by atoms with E-state index in [9.17, 15) is 10.1 Å². The molecule has 0 bridgehead atoms. The first-order chi connectivity index (χ1) is 12.0. The van der Waals surface area contributed by atoms with Gasteiger partial charge in [0, 0.05) is 20.0 Å². The Morgan fingerprint density at radius 1 is 0.920 bits per heavy atom. The van der Waals surface area contributed by atoms with E-state index in [4.69, 9.17) is 11.6 Å². The molecule has 25 heavy (non-hydrogen) atoms. The van der Waals surface area contributed by atoms with Crippen molar-refractivity contribution in [1.82, 2.24) is 9.97 Å². The van der Waals surface area contributed by atoms with E-state index < -0.39 is 4.92 Å². The number of nitrogens with zero attached hydrogens (tertiary/aromatic N) is 3. The molecule has 0 aliphatic rings. The Hall–Kier alpha value is -2.46. The van der Waals surface area contributed by atoms with Gasteiger partial charge in [-0.3, -0.25) is 10.1 Å². The third-order valence-corrected chi connectivity index (χ3v) is 4.19. The molecule has 0 aliphatic heterocycles. The molecular weight excluding hydrogens is 457 g/mol. The van der Waals surface area contributed by atoms with Crippen LogP contribution in [0.3, 0.4) is 0 Å². The van der Waals surface area contributed by atoms with Crippen LogP contribution in [0.25, 0.3) is 0 Å². The van der Waals surface area contributed by atoms with Crippen LogP contribution in [0.5, 0.6) is 0 Å². The van der Waals surface area contributed by atoms with Gasteiger partial charge in [-0.2, -0.15) is 0 Å². The number of aromatic nitrogens is 2. The molecule has 0 atom stereocenters. The fraction of sp³-hybridized carbons (Fsp3) is 0. The molecule has 126 valence electrons. The molecule has 9 heteroatoms. The van der Waals surface area contributed by atoms with Crippen molar-refractivity contribution in [2.24, 2.45) is 0 Å². The molecule has 0 aliphatic carbocycles. The fourth-order valence-corrected chi connectivity index (χ4v) is 2.56. The van der Waals surface area contributed by atoms with Crippen LogP contribution in [0, 0.1) is 13.7 Å². The summed E-state index contributed by atoms with van der Waals surface area (Å²) in [6.07, 6.45) is 1.26. The van der Waals surface area contributed by atoms with Gasteiger partial charge in [-0.25, -0.2) is 9.97 Å². The minimum atomic E-state index is -0.521. The number of nitro groups is 1. The Labute approximate surface area is 161 Å². The van der Waals surface area contributed by atoms with E-state index >= 15 is 0 Å². The van der Waals surface area contributed by atoms with Gasteiger partial charge in [0.15, 0.2) is 0 Å². The van der Waals surface area contributed by atoms with E-state index in [2.05, 4.69) is 43.2 Å². The predicted molar refractivity (Wildman–Crippen MR) is 106 cm³/mol. The minimum absolute atomic E-state index is 0.0929. The van der Waals surface area contributed by atoms with Gasteiger partial charge in [0.25, 0.3) is 0 Å². The smallest absolute Gasteiger partial charge is 0.334 e. The van der Waals surface area contributed by atoms with Crippen molar-refractivity contribution in [3.63, 3.8) is 0 Å². The maximum absolute atomic E-state index is 11.6. The average Bonchev–Trinajstić information content (AvgIpc) is 2.59. The molecule has 0 saturated heterocycles. The Balaban J connectivity index is 1.94.